The number of hydrogen-bond acceptors (Lipinski definition) is 4. The van der Waals surface area contributed by atoms with Gasteiger partial charge in [-0.1, -0.05) is 24.6 Å². The second kappa shape index (κ2) is 8.89. The lowest BCUT2D eigenvalue weighted by Crippen LogP contribution is -2.34. The smallest absolute Gasteiger partial charge is 0.346 e. The fourth-order valence-electron chi connectivity index (χ4n) is 2.93. The van der Waals surface area contributed by atoms with Gasteiger partial charge in [0.2, 0.25) is 5.91 Å². The Hall–Kier alpha value is -2.02. The average Bonchev–Trinajstić information content (AvgIpc) is 2.78. The summed E-state index contributed by atoms with van der Waals surface area (Å²) in [5.74, 6) is 1.61. The molecular formula is C18H24N4O2S. The third-order valence-electron chi connectivity index (χ3n) is 4.23. The summed E-state index contributed by atoms with van der Waals surface area (Å²) in [6, 6.07) is 10.2. The van der Waals surface area contributed by atoms with Crippen LogP contribution < -0.4 is 11.0 Å². The van der Waals surface area contributed by atoms with E-state index < -0.39 is 0 Å². The number of amides is 1. The van der Waals surface area contributed by atoms with E-state index in [-0.39, 0.29) is 18.1 Å². The Balaban J connectivity index is 1.41. The minimum atomic E-state index is -0.160. The van der Waals surface area contributed by atoms with Crippen molar-refractivity contribution >= 4 is 17.7 Å². The van der Waals surface area contributed by atoms with Gasteiger partial charge in [-0.15, -0.1) is 11.8 Å². The van der Waals surface area contributed by atoms with Crippen LogP contribution in [0.1, 0.15) is 31.5 Å². The normalized spacial score (nSPS) is 13.9. The first-order valence-corrected chi connectivity index (χ1v) is 9.83. The molecule has 1 aromatic carbocycles. The molecule has 0 aliphatic carbocycles. The average molecular weight is 360 g/mol. The number of fused-ring (bicyclic) bond motifs is 1. The van der Waals surface area contributed by atoms with E-state index in [0.717, 1.165) is 43.7 Å². The summed E-state index contributed by atoms with van der Waals surface area (Å²) in [4.78, 5) is 25.6. The molecule has 134 valence electrons. The second-order valence-electron chi connectivity index (χ2n) is 6.18. The zero-order valence-electron chi connectivity index (χ0n) is 14.3. The number of carbonyl (C=O) groups excluding carboxylic acids is 1. The van der Waals surface area contributed by atoms with Gasteiger partial charge in [-0.05, 0) is 37.1 Å². The van der Waals surface area contributed by atoms with Crippen LogP contribution in [0.2, 0.25) is 0 Å². The van der Waals surface area contributed by atoms with Crippen molar-refractivity contribution in [3.05, 3.63) is 46.6 Å². The number of carbonyl (C=O) groups is 1. The molecule has 0 spiro atoms. The standard InChI is InChI=1S/C18H24N4O2S/c23-17(19-11-7-13-25-15-8-3-1-4-9-15)14-22-18(24)21-12-6-2-5-10-16(21)20-22/h1,3-4,8-9H,2,5-7,10-14H2,(H,19,23). The molecule has 1 amide bonds. The van der Waals surface area contributed by atoms with Gasteiger partial charge in [0.1, 0.15) is 12.4 Å². The molecule has 1 N–H and O–H groups in total. The van der Waals surface area contributed by atoms with Gasteiger partial charge in [-0.25, -0.2) is 9.48 Å². The van der Waals surface area contributed by atoms with Crippen LogP contribution in [0.4, 0.5) is 0 Å². The maximum Gasteiger partial charge on any atom is 0.346 e. The van der Waals surface area contributed by atoms with Gasteiger partial charge in [0, 0.05) is 24.4 Å². The molecular weight excluding hydrogens is 336 g/mol. The quantitative estimate of drug-likeness (QED) is 0.606. The summed E-state index contributed by atoms with van der Waals surface area (Å²) >= 11 is 1.78. The maximum atomic E-state index is 12.3. The molecule has 6 nitrogen and oxygen atoms in total. The lowest BCUT2D eigenvalue weighted by atomic mass is 10.2. The fourth-order valence-corrected chi connectivity index (χ4v) is 3.80. The third kappa shape index (κ3) is 4.98. The van der Waals surface area contributed by atoms with E-state index >= 15 is 0 Å². The highest BCUT2D eigenvalue weighted by atomic mass is 32.2. The number of nitrogens with zero attached hydrogens (tertiary/aromatic N) is 3. The summed E-state index contributed by atoms with van der Waals surface area (Å²) in [6.07, 6.45) is 4.90. The molecule has 7 heteroatoms. The van der Waals surface area contributed by atoms with Crippen molar-refractivity contribution in [1.29, 1.82) is 0 Å². The number of aryl methyl sites for hydroxylation is 1. The summed E-state index contributed by atoms with van der Waals surface area (Å²) in [5.41, 5.74) is -0.160. The predicted molar refractivity (Wildman–Crippen MR) is 98.8 cm³/mol. The molecule has 0 fully saturated rings. The molecule has 0 bridgehead atoms. The van der Waals surface area contributed by atoms with Crippen molar-refractivity contribution in [1.82, 2.24) is 19.7 Å². The third-order valence-corrected chi connectivity index (χ3v) is 5.33. The van der Waals surface area contributed by atoms with Crippen molar-refractivity contribution in [2.75, 3.05) is 12.3 Å². The lowest BCUT2D eigenvalue weighted by molar-refractivity contribution is -0.121. The summed E-state index contributed by atoms with van der Waals surface area (Å²) in [6.45, 7) is 1.33. The van der Waals surface area contributed by atoms with Gasteiger partial charge in [-0.3, -0.25) is 9.36 Å². The van der Waals surface area contributed by atoms with Gasteiger partial charge in [0.05, 0.1) is 0 Å². The molecule has 1 aliphatic heterocycles. The Labute approximate surface area is 151 Å². The number of nitrogens with one attached hydrogen (secondary N) is 1. The van der Waals surface area contributed by atoms with Gasteiger partial charge in [0.25, 0.3) is 0 Å². The Morgan fingerprint density at radius 3 is 2.88 bits per heavy atom. The largest absolute Gasteiger partial charge is 0.354 e. The molecule has 25 heavy (non-hydrogen) atoms. The van der Waals surface area contributed by atoms with Crippen molar-refractivity contribution in [2.24, 2.45) is 0 Å². The summed E-state index contributed by atoms with van der Waals surface area (Å²) in [7, 11) is 0. The molecule has 0 saturated heterocycles. The summed E-state index contributed by atoms with van der Waals surface area (Å²) < 4.78 is 3.02. The van der Waals surface area contributed by atoms with Crippen LogP contribution in [0.25, 0.3) is 0 Å². The zero-order chi connectivity index (χ0) is 17.5. The molecule has 1 aliphatic rings. The van der Waals surface area contributed by atoms with Gasteiger partial charge < -0.3 is 5.32 Å². The minimum Gasteiger partial charge on any atom is -0.354 e. The van der Waals surface area contributed by atoms with Crippen LogP contribution in [0.5, 0.6) is 0 Å². The SMILES string of the molecule is O=C(Cn1nc2n(c1=O)CCCCC2)NCCCSc1ccccc1. The van der Waals surface area contributed by atoms with Crippen LogP contribution in [0.15, 0.2) is 40.0 Å². The van der Waals surface area contributed by atoms with E-state index in [4.69, 9.17) is 0 Å². The molecule has 0 radical (unpaired) electrons. The van der Waals surface area contributed by atoms with Crippen LogP contribution in [0.3, 0.4) is 0 Å². The number of thioether (sulfide) groups is 1. The van der Waals surface area contributed by atoms with Crippen molar-refractivity contribution < 1.29 is 4.79 Å². The first-order valence-electron chi connectivity index (χ1n) is 8.85. The van der Waals surface area contributed by atoms with Crippen LogP contribution >= 0.6 is 11.8 Å². The first-order chi connectivity index (χ1) is 12.2. The highest BCUT2D eigenvalue weighted by Gasteiger charge is 2.16. The van der Waals surface area contributed by atoms with Crippen LogP contribution in [-0.2, 0) is 24.3 Å². The topological polar surface area (TPSA) is 68.9 Å². The molecule has 1 aromatic heterocycles. The maximum absolute atomic E-state index is 12.3. The molecule has 3 rings (SSSR count). The van der Waals surface area contributed by atoms with Crippen molar-refractivity contribution in [3.63, 3.8) is 0 Å². The van der Waals surface area contributed by atoms with E-state index in [2.05, 4.69) is 22.5 Å². The Kier molecular flexibility index (Phi) is 6.33. The lowest BCUT2D eigenvalue weighted by Gasteiger charge is -2.05. The monoisotopic (exact) mass is 360 g/mol. The number of rotatable bonds is 7. The zero-order valence-corrected chi connectivity index (χ0v) is 15.1. The molecule has 0 unspecified atom stereocenters. The first kappa shape index (κ1) is 17.8. The van der Waals surface area contributed by atoms with E-state index in [0.29, 0.717) is 13.1 Å². The number of aromatic nitrogens is 3. The second-order valence-corrected chi connectivity index (χ2v) is 7.35. The highest BCUT2D eigenvalue weighted by Crippen LogP contribution is 2.17. The molecule has 2 aromatic rings. The number of benzene rings is 1. The minimum absolute atomic E-state index is 0.00462. The van der Waals surface area contributed by atoms with Crippen molar-refractivity contribution in [3.8, 4) is 0 Å². The Morgan fingerprint density at radius 2 is 2.04 bits per heavy atom. The van der Waals surface area contributed by atoms with Crippen molar-refractivity contribution in [2.45, 2.75) is 50.1 Å². The predicted octanol–water partition coefficient (Wildman–Crippen LogP) is 2.07. The van der Waals surface area contributed by atoms with E-state index in [1.807, 2.05) is 18.2 Å². The van der Waals surface area contributed by atoms with Crippen LogP contribution in [-0.4, -0.2) is 32.6 Å². The molecule has 2 heterocycles. The Morgan fingerprint density at radius 1 is 1.20 bits per heavy atom. The van der Waals surface area contributed by atoms with Gasteiger partial charge in [0.15, 0.2) is 0 Å². The van der Waals surface area contributed by atoms with E-state index in [9.17, 15) is 9.59 Å². The van der Waals surface area contributed by atoms with E-state index in [1.54, 1.807) is 16.3 Å². The van der Waals surface area contributed by atoms with Gasteiger partial charge in [-0.2, -0.15) is 5.10 Å². The van der Waals surface area contributed by atoms with E-state index in [1.165, 1.54) is 9.58 Å². The fraction of sp³-hybridized carbons (Fsp3) is 0.500. The Bertz CT molecular complexity index is 754. The van der Waals surface area contributed by atoms with Gasteiger partial charge >= 0.3 is 5.69 Å². The number of hydrogen-bond donors (Lipinski definition) is 1. The highest BCUT2D eigenvalue weighted by molar-refractivity contribution is 7.99. The van der Waals surface area contributed by atoms with Crippen LogP contribution in [0, 0.1) is 0 Å². The molecule has 0 saturated carbocycles. The molecule has 0 atom stereocenters. The summed E-state index contributed by atoms with van der Waals surface area (Å²) in [5, 5.41) is 7.21.